The van der Waals surface area contributed by atoms with Crippen LogP contribution in [-0.2, 0) is 0 Å². The molecule has 6 heteroatoms. The van der Waals surface area contributed by atoms with Gasteiger partial charge in [0.15, 0.2) is 23.0 Å². The number of para-hydroxylation sites is 2. The van der Waals surface area contributed by atoms with Crippen LogP contribution in [0.15, 0.2) is 84.9 Å². The minimum atomic E-state index is -0.210. The Morgan fingerprint density at radius 2 is 1.38 bits per heavy atom. The van der Waals surface area contributed by atoms with Crippen molar-refractivity contribution in [3.63, 3.8) is 0 Å². The molecule has 0 aliphatic carbocycles. The topological polar surface area (TPSA) is 45.1 Å². The standard InChI is InChI=1S/C33H26N2O4/c1-34-31-23(13-12-19-16-28-29(17-24(19)31)39-18-38-28)22-14-15-27(36-2)32(37-3)30(22)33(34)35-25-10-6-4-8-20(25)21-9-5-7-11-26(21)35/h4-17,33H,18H2,1-3H3. The first-order valence-electron chi connectivity index (χ1n) is 13.0. The van der Waals surface area contributed by atoms with Crippen molar-refractivity contribution in [3.05, 3.63) is 90.5 Å². The van der Waals surface area contributed by atoms with Gasteiger partial charge in [0.2, 0.25) is 6.79 Å². The van der Waals surface area contributed by atoms with Crippen molar-refractivity contribution in [1.82, 2.24) is 4.57 Å². The smallest absolute Gasteiger partial charge is 0.231 e. The molecule has 0 saturated heterocycles. The van der Waals surface area contributed by atoms with Crippen LogP contribution in [0.4, 0.5) is 5.69 Å². The molecule has 1 unspecified atom stereocenters. The summed E-state index contributed by atoms with van der Waals surface area (Å²) in [6, 6.07) is 29.9. The van der Waals surface area contributed by atoms with E-state index < -0.39 is 0 Å². The van der Waals surface area contributed by atoms with Crippen LogP contribution in [0.25, 0.3) is 43.7 Å². The summed E-state index contributed by atoms with van der Waals surface area (Å²) in [5.41, 5.74) is 6.78. The highest BCUT2D eigenvalue weighted by Crippen LogP contribution is 2.55. The Kier molecular flexibility index (Phi) is 4.59. The molecule has 3 heterocycles. The van der Waals surface area contributed by atoms with Crippen molar-refractivity contribution in [2.75, 3.05) is 33.0 Å². The summed E-state index contributed by atoms with van der Waals surface area (Å²) >= 11 is 0. The van der Waals surface area contributed by atoms with Gasteiger partial charge in [0, 0.05) is 34.3 Å². The summed E-state index contributed by atoms with van der Waals surface area (Å²) in [6.07, 6.45) is -0.210. The van der Waals surface area contributed by atoms with E-state index in [0.29, 0.717) is 5.75 Å². The van der Waals surface area contributed by atoms with Crippen molar-refractivity contribution < 1.29 is 18.9 Å². The van der Waals surface area contributed by atoms with E-state index in [-0.39, 0.29) is 13.0 Å². The molecule has 6 nitrogen and oxygen atoms in total. The number of rotatable bonds is 3. The molecule has 2 aliphatic heterocycles. The summed E-state index contributed by atoms with van der Waals surface area (Å²) in [5.74, 6) is 3.01. The number of benzene rings is 5. The van der Waals surface area contributed by atoms with Gasteiger partial charge in [0.25, 0.3) is 0 Å². The minimum Gasteiger partial charge on any atom is -0.493 e. The minimum absolute atomic E-state index is 0.210. The second-order valence-electron chi connectivity index (χ2n) is 10.0. The summed E-state index contributed by atoms with van der Waals surface area (Å²) in [7, 11) is 5.58. The Balaban J connectivity index is 1.52. The summed E-state index contributed by atoms with van der Waals surface area (Å²) in [5, 5.41) is 4.66. The van der Waals surface area contributed by atoms with Crippen LogP contribution in [0.1, 0.15) is 11.7 Å². The lowest BCUT2D eigenvalue weighted by molar-refractivity contribution is 0.174. The van der Waals surface area contributed by atoms with Gasteiger partial charge in [-0.15, -0.1) is 0 Å². The summed E-state index contributed by atoms with van der Waals surface area (Å²) in [6.45, 7) is 0.244. The molecular formula is C33H26N2O4. The SMILES string of the molecule is COc1ccc2c(c1OC)C(n1c3ccccc3c3ccccc31)N(C)c1c-2ccc2cc3c(cc12)OCO3. The molecule has 0 bridgehead atoms. The van der Waals surface area contributed by atoms with Gasteiger partial charge in [-0.2, -0.15) is 0 Å². The highest BCUT2D eigenvalue weighted by atomic mass is 16.7. The maximum absolute atomic E-state index is 6.10. The number of anilines is 1. The second-order valence-corrected chi connectivity index (χ2v) is 10.0. The predicted octanol–water partition coefficient (Wildman–Crippen LogP) is 7.36. The molecule has 0 N–H and O–H groups in total. The summed E-state index contributed by atoms with van der Waals surface area (Å²) < 4.78 is 25.8. The lowest BCUT2D eigenvalue weighted by atomic mass is 9.87. The Morgan fingerprint density at radius 3 is 2.08 bits per heavy atom. The average molecular weight is 515 g/mol. The molecule has 0 spiro atoms. The number of ether oxygens (including phenoxy) is 4. The van der Waals surface area contributed by atoms with E-state index >= 15 is 0 Å². The zero-order valence-electron chi connectivity index (χ0n) is 21.9. The van der Waals surface area contributed by atoms with Gasteiger partial charge >= 0.3 is 0 Å². The average Bonchev–Trinajstić information content (AvgIpc) is 3.57. The van der Waals surface area contributed by atoms with Crippen LogP contribution in [0, 0.1) is 0 Å². The maximum atomic E-state index is 6.10. The van der Waals surface area contributed by atoms with Crippen molar-refractivity contribution in [3.8, 4) is 34.1 Å². The van der Waals surface area contributed by atoms with Crippen LogP contribution < -0.4 is 23.8 Å². The van der Waals surface area contributed by atoms with Gasteiger partial charge in [-0.3, -0.25) is 0 Å². The second kappa shape index (κ2) is 8.08. The van der Waals surface area contributed by atoms with E-state index in [0.717, 1.165) is 61.4 Å². The largest absolute Gasteiger partial charge is 0.493 e. The number of fused-ring (bicyclic) bond motifs is 9. The molecule has 6 aromatic rings. The number of hydrogen-bond donors (Lipinski definition) is 0. The molecule has 0 amide bonds. The van der Waals surface area contributed by atoms with E-state index in [2.05, 4.69) is 95.4 Å². The van der Waals surface area contributed by atoms with E-state index in [1.54, 1.807) is 14.2 Å². The van der Waals surface area contributed by atoms with Crippen molar-refractivity contribution >= 4 is 38.3 Å². The number of hydrogen-bond acceptors (Lipinski definition) is 5. The third kappa shape index (κ3) is 2.91. The third-order valence-corrected chi connectivity index (χ3v) is 8.20. The van der Waals surface area contributed by atoms with Crippen LogP contribution in [0.5, 0.6) is 23.0 Å². The van der Waals surface area contributed by atoms with Gasteiger partial charge in [0.05, 0.1) is 30.9 Å². The molecule has 192 valence electrons. The lowest BCUT2D eigenvalue weighted by Gasteiger charge is -2.40. The molecular weight excluding hydrogens is 488 g/mol. The van der Waals surface area contributed by atoms with E-state index in [4.69, 9.17) is 18.9 Å². The molecule has 1 aromatic heterocycles. The molecule has 39 heavy (non-hydrogen) atoms. The third-order valence-electron chi connectivity index (χ3n) is 8.20. The van der Waals surface area contributed by atoms with E-state index in [9.17, 15) is 0 Å². The van der Waals surface area contributed by atoms with Crippen LogP contribution >= 0.6 is 0 Å². The molecule has 0 saturated carbocycles. The Morgan fingerprint density at radius 1 is 0.718 bits per heavy atom. The fourth-order valence-corrected chi connectivity index (χ4v) is 6.57. The first-order valence-corrected chi connectivity index (χ1v) is 13.0. The highest BCUT2D eigenvalue weighted by molar-refractivity contribution is 6.10. The zero-order chi connectivity index (χ0) is 26.2. The van der Waals surface area contributed by atoms with E-state index in [1.165, 1.54) is 10.8 Å². The van der Waals surface area contributed by atoms with Gasteiger partial charge in [-0.05, 0) is 47.3 Å². The molecule has 0 radical (unpaired) electrons. The number of methoxy groups -OCH3 is 2. The summed E-state index contributed by atoms with van der Waals surface area (Å²) in [4.78, 5) is 2.36. The van der Waals surface area contributed by atoms with Crippen LogP contribution in [0.3, 0.4) is 0 Å². The normalized spacial score (nSPS) is 15.6. The van der Waals surface area contributed by atoms with Gasteiger partial charge in [0.1, 0.15) is 6.17 Å². The maximum Gasteiger partial charge on any atom is 0.231 e. The lowest BCUT2D eigenvalue weighted by Crippen LogP contribution is -2.34. The first-order chi connectivity index (χ1) is 19.2. The predicted molar refractivity (Wildman–Crippen MR) is 155 cm³/mol. The quantitative estimate of drug-likeness (QED) is 0.247. The molecule has 0 fully saturated rings. The fraction of sp³-hybridized carbons (Fsp3) is 0.152. The molecule has 2 aliphatic rings. The monoisotopic (exact) mass is 514 g/mol. The number of aromatic nitrogens is 1. The van der Waals surface area contributed by atoms with Crippen LogP contribution in [0.2, 0.25) is 0 Å². The molecule has 1 atom stereocenters. The van der Waals surface area contributed by atoms with Crippen molar-refractivity contribution in [1.29, 1.82) is 0 Å². The first kappa shape index (κ1) is 22.2. The molecule has 5 aromatic carbocycles. The van der Waals surface area contributed by atoms with Crippen LogP contribution in [-0.4, -0.2) is 32.6 Å². The van der Waals surface area contributed by atoms with Gasteiger partial charge in [-0.1, -0.05) is 48.5 Å². The zero-order valence-corrected chi connectivity index (χ0v) is 21.9. The van der Waals surface area contributed by atoms with E-state index in [1.807, 2.05) is 6.07 Å². The van der Waals surface area contributed by atoms with Gasteiger partial charge < -0.3 is 28.4 Å². The Hall–Kier alpha value is -4.84. The van der Waals surface area contributed by atoms with Crippen molar-refractivity contribution in [2.24, 2.45) is 0 Å². The highest BCUT2D eigenvalue weighted by Gasteiger charge is 2.37. The van der Waals surface area contributed by atoms with Gasteiger partial charge in [-0.25, -0.2) is 0 Å². The Labute approximate surface area is 225 Å². The fourth-order valence-electron chi connectivity index (χ4n) is 6.57. The van der Waals surface area contributed by atoms with Crippen molar-refractivity contribution in [2.45, 2.75) is 6.17 Å². The molecule has 8 rings (SSSR count). The Bertz CT molecular complexity index is 1900. The number of nitrogens with zero attached hydrogens (tertiary/aromatic N) is 2.